The molecule has 0 spiro atoms. The van der Waals surface area contributed by atoms with Crippen LogP contribution in [0.3, 0.4) is 0 Å². The number of hydrogen-bond donors (Lipinski definition) is 1. The van der Waals surface area contributed by atoms with Crippen LogP contribution in [0.4, 0.5) is 0 Å². The first-order chi connectivity index (χ1) is 6.27. The molecule has 1 nitrogen and oxygen atoms in total. The number of aryl methyl sites for hydroxylation is 1. The molecule has 1 aromatic carbocycles. The maximum Gasteiger partial charge on any atom is 0.0408 e. The minimum absolute atomic E-state index is 0.467. The quantitative estimate of drug-likeness (QED) is 0.671. The van der Waals surface area contributed by atoms with Crippen LogP contribution in [0.2, 0.25) is 5.02 Å². The SMILES string of the molecule is C[C@H]1NCCCc2cc(Cl)ccc21. The fourth-order valence-electron chi connectivity index (χ4n) is 1.92. The fraction of sp³-hybridized carbons (Fsp3) is 0.455. The number of benzene rings is 1. The Hall–Kier alpha value is -0.530. The maximum absolute atomic E-state index is 5.96. The molecule has 2 rings (SSSR count). The molecule has 0 fully saturated rings. The Morgan fingerprint density at radius 1 is 1.46 bits per heavy atom. The highest BCUT2D eigenvalue weighted by molar-refractivity contribution is 6.30. The van der Waals surface area contributed by atoms with Crippen LogP contribution in [0, 0.1) is 0 Å². The number of nitrogens with one attached hydrogen (secondary N) is 1. The first-order valence-corrected chi connectivity index (χ1v) is 5.17. The molecule has 2 heteroatoms. The van der Waals surface area contributed by atoms with Crippen LogP contribution in [-0.2, 0) is 6.42 Å². The highest BCUT2D eigenvalue weighted by Gasteiger charge is 2.13. The zero-order chi connectivity index (χ0) is 9.26. The van der Waals surface area contributed by atoms with Gasteiger partial charge in [-0.1, -0.05) is 17.7 Å². The molecule has 1 aliphatic rings. The number of hydrogen-bond acceptors (Lipinski definition) is 1. The van der Waals surface area contributed by atoms with Gasteiger partial charge in [0, 0.05) is 11.1 Å². The molecule has 0 aromatic heterocycles. The van der Waals surface area contributed by atoms with E-state index < -0.39 is 0 Å². The molecule has 1 aliphatic heterocycles. The minimum atomic E-state index is 0.467. The summed E-state index contributed by atoms with van der Waals surface area (Å²) in [6.45, 7) is 3.31. The molecule has 70 valence electrons. The van der Waals surface area contributed by atoms with Crippen molar-refractivity contribution in [3.63, 3.8) is 0 Å². The van der Waals surface area contributed by atoms with E-state index in [0.717, 1.165) is 18.0 Å². The predicted molar refractivity (Wildman–Crippen MR) is 56.2 cm³/mol. The van der Waals surface area contributed by atoms with Crippen molar-refractivity contribution >= 4 is 11.6 Å². The Kier molecular flexibility index (Phi) is 2.56. The Morgan fingerprint density at radius 2 is 2.31 bits per heavy atom. The molecule has 0 radical (unpaired) electrons. The van der Waals surface area contributed by atoms with Crippen molar-refractivity contribution in [2.45, 2.75) is 25.8 Å². The van der Waals surface area contributed by atoms with Crippen molar-refractivity contribution < 1.29 is 0 Å². The second-order valence-electron chi connectivity index (χ2n) is 3.62. The highest BCUT2D eigenvalue weighted by atomic mass is 35.5. The molecular formula is C11H14ClN. The predicted octanol–water partition coefficient (Wildman–Crippen LogP) is 2.94. The van der Waals surface area contributed by atoms with Crippen molar-refractivity contribution in [3.8, 4) is 0 Å². The van der Waals surface area contributed by atoms with Gasteiger partial charge in [-0.2, -0.15) is 0 Å². The van der Waals surface area contributed by atoms with E-state index in [-0.39, 0.29) is 0 Å². The number of fused-ring (bicyclic) bond motifs is 1. The molecule has 0 saturated heterocycles. The summed E-state index contributed by atoms with van der Waals surface area (Å²) in [6.07, 6.45) is 2.35. The van der Waals surface area contributed by atoms with Gasteiger partial charge in [-0.3, -0.25) is 0 Å². The lowest BCUT2D eigenvalue weighted by Gasteiger charge is -2.13. The summed E-state index contributed by atoms with van der Waals surface area (Å²) >= 11 is 5.96. The van der Waals surface area contributed by atoms with Gasteiger partial charge in [0.1, 0.15) is 0 Å². The Balaban J connectivity index is 2.42. The molecule has 0 saturated carbocycles. The van der Waals surface area contributed by atoms with E-state index >= 15 is 0 Å². The Morgan fingerprint density at radius 3 is 3.15 bits per heavy atom. The lowest BCUT2D eigenvalue weighted by molar-refractivity contribution is 0.582. The summed E-state index contributed by atoms with van der Waals surface area (Å²) in [6, 6.07) is 6.68. The van der Waals surface area contributed by atoms with Gasteiger partial charge in [0.2, 0.25) is 0 Å². The summed E-state index contributed by atoms with van der Waals surface area (Å²) < 4.78 is 0. The molecule has 1 aromatic rings. The Bertz CT molecular complexity index is 309. The van der Waals surface area contributed by atoms with Gasteiger partial charge in [-0.25, -0.2) is 0 Å². The largest absolute Gasteiger partial charge is 0.310 e. The fourth-order valence-corrected chi connectivity index (χ4v) is 2.12. The topological polar surface area (TPSA) is 12.0 Å². The first kappa shape index (κ1) is 9.04. The number of rotatable bonds is 0. The average Bonchev–Trinajstić information content (AvgIpc) is 2.28. The van der Waals surface area contributed by atoms with Crippen LogP contribution in [0.1, 0.15) is 30.5 Å². The van der Waals surface area contributed by atoms with Crippen LogP contribution >= 0.6 is 11.6 Å². The average molecular weight is 196 g/mol. The van der Waals surface area contributed by atoms with Crippen LogP contribution in [0.5, 0.6) is 0 Å². The minimum Gasteiger partial charge on any atom is -0.310 e. The third-order valence-electron chi connectivity index (χ3n) is 2.64. The third kappa shape index (κ3) is 1.87. The van der Waals surface area contributed by atoms with E-state index in [1.54, 1.807) is 0 Å². The molecular weight excluding hydrogens is 182 g/mol. The van der Waals surface area contributed by atoms with Crippen molar-refractivity contribution in [3.05, 3.63) is 34.3 Å². The van der Waals surface area contributed by atoms with Gasteiger partial charge in [-0.05, 0) is 49.6 Å². The molecule has 0 amide bonds. The van der Waals surface area contributed by atoms with E-state index in [4.69, 9.17) is 11.6 Å². The second kappa shape index (κ2) is 3.69. The molecule has 1 heterocycles. The van der Waals surface area contributed by atoms with Gasteiger partial charge < -0.3 is 5.32 Å². The van der Waals surface area contributed by atoms with E-state index in [1.807, 2.05) is 6.07 Å². The van der Waals surface area contributed by atoms with Gasteiger partial charge in [-0.15, -0.1) is 0 Å². The van der Waals surface area contributed by atoms with E-state index in [0.29, 0.717) is 6.04 Å². The lowest BCUT2D eigenvalue weighted by atomic mass is 10.0. The standard InChI is InChI=1S/C11H14ClN/c1-8-11-5-4-10(12)7-9(11)3-2-6-13-8/h4-5,7-8,13H,2-3,6H2,1H3/t8-/m1/s1. The molecule has 13 heavy (non-hydrogen) atoms. The Labute approximate surface area is 84.1 Å². The summed E-state index contributed by atoms with van der Waals surface area (Å²) in [5.41, 5.74) is 2.81. The van der Waals surface area contributed by atoms with Crippen LogP contribution in [0.15, 0.2) is 18.2 Å². The summed E-state index contributed by atoms with van der Waals surface area (Å²) in [4.78, 5) is 0. The molecule has 1 N–H and O–H groups in total. The van der Waals surface area contributed by atoms with E-state index in [1.165, 1.54) is 17.5 Å². The molecule has 0 unspecified atom stereocenters. The first-order valence-electron chi connectivity index (χ1n) is 4.79. The monoisotopic (exact) mass is 195 g/mol. The van der Waals surface area contributed by atoms with Crippen molar-refractivity contribution in [1.82, 2.24) is 5.32 Å². The van der Waals surface area contributed by atoms with Crippen molar-refractivity contribution in [2.24, 2.45) is 0 Å². The third-order valence-corrected chi connectivity index (χ3v) is 2.88. The second-order valence-corrected chi connectivity index (χ2v) is 4.06. The zero-order valence-corrected chi connectivity index (χ0v) is 8.56. The lowest BCUT2D eigenvalue weighted by Crippen LogP contribution is -2.17. The zero-order valence-electron chi connectivity index (χ0n) is 7.81. The molecule has 0 aliphatic carbocycles. The van der Waals surface area contributed by atoms with Crippen LogP contribution in [-0.4, -0.2) is 6.54 Å². The van der Waals surface area contributed by atoms with Crippen molar-refractivity contribution in [2.75, 3.05) is 6.54 Å². The number of halogens is 1. The van der Waals surface area contributed by atoms with Crippen LogP contribution in [0.25, 0.3) is 0 Å². The van der Waals surface area contributed by atoms with Crippen molar-refractivity contribution in [1.29, 1.82) is 0 Å². The normalized spacial score (nSPS) is 22.2. The maximum atomic E-state index is 5.96. The summed E-state index contributed by atoms with van der Waals surface area (Å²) in [7, 11) is 0. The van der Waals surface area contributed by atoms with E-state index in [9.17, 15) is 0 Å². The summed E-state index contributed by atoms with van der Waals surface area (Å²) in [5, 5.41) is 4.33. The highest BCUT2D eigenvalue weighted by Crippen LogP contribution is 2.24. The van der Waals surface area contributed by atoms with Gasteiger partial charge in [0.15, 0.2) is 0 Å². The van der Waals surface area contributed by atoms with Gasteiger partial charge in [0.05, 0.1) is 0 Å². The van der Waals surface area contributed by atoms with Gasteiger partial charge >= 0.3 is 0 Å². The van der Waals surface area contributed by atoms with Gasteiger partial charge in [0.25, 0.3) is 0 Å². The summed E-state index contributed by atoms with van der Waals surface area (Å²) in [5.74, 6) is 0. The smallest absolute Gasteiger partial charge is 0.0408 e. The van der Waals surface area contributed by atoms with Crippen LogP contribution < -0.4 is 5.32 Å². The molecule has 1 atom stereocenters. The molecule has 0 bridgehead atoms. The van der Waals surface area contributed by atoms with E-state index in [2.05, 4.69) is 24.4 Å².